The number of unbranched alkanes of at least 4 members (excludes halogenated alkanes) is 1. The Morgan fingerprint density at radius 1 is 1.37 bits per heavy atom. The quantitative estimate of drug-likeness (QED) is 0.904. The predicted octanol–water partition coefficient (Wildman–Crippen LogP) is 1.57. The molecule has 0 bridgehead atoms. The summed E-state index contributed by atoms with van der Waals surface area (Å²) in [7, 11) is 0. The topological polar surface area (TPSA) is 82.4 Å². The van der Waals surface area contributed by atoms with Crippen molar-refractivity contribution >= 4 is 16.9 Å². The Balaban J connectivity index is 2.84. The van der Waals surface area contributed by atoms with Gasteiger partial charge in [-0.2, -0.15) is 0 Å². The number of aromatic nitrogens is 1. The number of carbonyl (C=O) groups is 1. The van der Waals surface area contributed by atoms with Gasteiger partial charge in [0.05, 0.1) is 5.52 Å². The van der Waals surface area contributed by atoms with E-state index < -0.39 is 22.8 Å². The normalized spacial score (nSPS) is 10.8. The second-order valence-electron chi connectivity index (χ2n) is 4.34. The number of carboxylic acids is 1. The van der Waals surface area contributed by atoms with Crippen LogP contribution >= 0.6 is 0 Å². The molecule has 5 heteroatoms. The van der Waals surface area contributed by atoms with Gasteiger partial charge in [0, 0.05) is 6.54 Å². The van der Waals surface area contributed by atoms with Crippen molar-refractivity contribution in [1.29, 1.82) is 0 Å². The molecule has 0 saturated carbocycles. The van der Waals surface area contributed by atoms with Crippen LogP contribution in [0.25, 0.3) is 10.9 Å². The maximum Gasteiger partial charge on any atom is 0.340 e. The maximum absolute atomic E-state index is 12.1. The molecule has 1 heterocycles. The van der Waals surface area contributed by atoms with Gasteiger partial charge in [0.2, 0.25) is 0 Å². The van der Waals surface area contributed by atoms with Crippen molar-refractivity contribution < 1.29 is 15.0 Å². The highest BCUT2D eigenvalue weighted by Gasteiger charge is 2.16. The van der Waals surface area contributed by atoms with E-state index in [0.717, 1.165) is 12.8 Å². The number of hydrogen-bond acceptors (Lipinski definition) is 3. The molecular formula is C14H14NO4-. The number of para-hydroxylation sites is 1. The molecule has 0 spiro atoms. The Labute approximate surface area is 109 Å². The van der Waals surface area contributed by atoms with Gasteiger partial charge in [-0.05, 0) is 17.9 Å². The first-order chi connectivity index (χ1) is 9.07. The van der Waals surface area contributed by atoms with Crippen molar-refractivity contribution in [3.63, 3.8) is 0 Å². The van der Waals surface area contributed by atoms with Gasteiger partial charge in [-0.3, -0.25) is 4.79 Å². The van der Waals surface area contributed by atoms with E-state index in [1.807, 2.05) is 6.92 Å². The highest BCUT2D eigenvalue weighted by Crippen LogP contribution is 2.23. The molecule has 1 aromatic carbocycles. The van der Waals surface area contributed by atoms with Crippen LogP contribution < -0.4 is 10.7 Å². The second kappa shape index (κ2) is 5.14. The standard InChI is InChI=1S/C14H15NO4/c1-2-3-8-15-10-7-5-4-6-9(10)12(16)11(13(15)17)14(18)19/h4-7,16H,2-3,8H2,1H3,(H,18,19)/p-1. The van der Waals surface area contributed by atoms with Crippen LogP contribution in [0.1, 0.15) is 30.1 Å². The summed E-state index contributed by atoms with van der Waals surface area (Å²) in [4.78, 5) is 23.2. The Morgan fingerprint density at radius 2 is 2.05 bits per heavy atom. The zero-order valence-electron chi connectivity index (χ0n) is 10.5. The molecule has 5 nitrogen and oxygen atoms in total. The van der Waals surface area contributed by atoms with Crippen LogP contribution in [0.5, 0.6) is 5.75 Å². The van der Waals surface area contributed by atoms with Crippen molar-refractivity contribution in [2.45, 2.75) is 26.3 Å². The third kappa shape index (κ3) is 2.19. The summed E-state index contributed by atoms with van der Waals surface area (Å²) >= 11 is 0. The molecule has 1 aromatic heterocycles. The SMILES string of the molecule is CCCCn1c(=O)c(C(=O)O)c([O-])c2ccccc21. The van der Waals surface area contributed by atoms with Crippen LogP contribution in [0.15, 0.2) is 29.1 Å². The first-order valence-corrected chi connectivity index (χ1v) is 6.13. The van der Waals surface area contributed by atoms with E-state index in [0.29, 0.717) is 12.1 Å². The van der Waals surface area contributed by atoms with Gasteiger partial charge < -0.3 is 14.8 Å². The van der Waals surface area contributed by atoms with E-state index in [9.17, 15) is 14.7 Å². The van der Waals surface area contributed by atoms with E-state index in [4.69, 9.17) is 5.11 Å². The molecule has 0 amide bonds. The van der Waals surface area contributed by atoms with Crippen LogP contribution in [0.4, 0.5) is 0 Å². The van der Waals surface area contributed by atoms with Crippen LogP contribution in [-0.2, 0) is 6.54 Å². The first kappa shape index (κ1) is 13.1. The highest BCUT2D eigenvalue weighted by atomic mass is 16.4. The summed E-state index contributed by atoms with van der Waals surface area (Å²) < 4.78 is 1.38. The average molecular weight is 260 g/mol. The van der Waals surface area contributed by atoms with Gasteiger partial charge in [0.25, 0.3) is 5.56 Å². The van der Waals surface area contributed by atoms with Gasteiger partial charge in [0.15, 0.2) is 0 Å². The molecule has 0 aliphatic heterocycles. The Kier molecular flexibility index (Phi) is 3.55. The van der Waals surface area contributed by atoms with Gasteiger partial charge >= 0.3 is 5.97 Å². The number of hydrogen-bond donors (Lipinski definition) is 1. The second-order valence-corrected chi connectivity index (χ2v) is 4.34. The summed E-state index contributed by atoms with van der Waals surface area (Å²) in [5, 5.41) is 21.3. The van der Waals surface area contributed by atoms with E-state index >= 15 is 0 Å². The Morgan fingerprint density at radius 3 is 2.68 bits per heavy atom. The summed E-state index contributed by atoms with van der Waals surface area (Å²) in [6.45, 7) is 2.39. The van der Waals surface area contributed by atoms with Crippen molar-refractivity contribution in [2.75, 3.05) is 0 Å². The lowest BCUT2D eigenvalue weighted by Crippen LogP contribution is -2.28. The van der Waals surface area contributed by atoms with Gasteiger partial charge in [-0.25, -0.2) is 4.79 Å². The Hall–Kier alpha value is -2.30. The number of fused-ring (bicyclic) bond motifs is 1. The smallest absolute Gasteiger partial charge is 0.340 e. The Bertz CT molecular complexity index is 688. The van der Waals surface area contributed by atoms with Crippen molar-refractivity contribution in [3.05, 3.63) is 40.2 Å². The molecule has 0 unspecified atom stereocenters. The number of pyridine rings is 1. The highest BCUT2D eigenvalue weighted by molar-refractivity contribution is 5.98. The van der Waals surface area contributed by atoms with Crippen LogP contribution in [0.3, 0.4) is 0 Å². The van der Waals surface area contributed by atoms with E-state index in [1.165, 1.54) is 4.57 Å². The monoisotopic (exact) mass is 260 g/mol. The zero-order chi connectivity index (χ0) is 14.0. The largest absolute Gasteiger partial charge is 0.871 e. The van der Waals surface area contributed by atoms with E-state index in [2.05, 4.69) is 0 Å². The molecule has 2 rings (SSSR count). The summed E-state index contributed by atoms with van der Waals surface area (Å²) in [5.74, 6) is -2.17. The van der Waals surface area contributed by atoms with Gasteiger partial charge in [-0.15, -0.1) is 0 Å². The average Bonchev–Trinajstić information content (AvgIpc) is 2.38. The molecule has 0 fully saturated rings. The van der Waals surface area contributed by atoms with E-state index in [-0.39, 0.29) is 5.39 Å². The van der Waals surface area contributed by atoms with Crippen molar-refractivity contribution in [2.24, 2.45) is 0 Å². The predicted molar refractivity (Wildman–Crippen MR) is 69.5 cm³/mol. The summed E-state index contributed by atoms with van der Waals surface area (Å²) in [5.41, 5.74) is -0.893. The lowest BCUT2D eigenvalue weighted by Gasteiger charge is -2.18. The minimum absolute atomic E-state index is 0.274. The third-order valence-corrected chi connectivity index (χ3v) is 3.07. The molecular weight excluding hydrogens is 246 g/mol. The van der Waals surface area contributed by atoms with Crippen LogP contribution in [0.2, 0.25) is 0 Å². The number of benzene rings is 1. The number of carboxylic acid groups (broad SMARTS) is 1. The number of rotatable bonds is 4. The molecule has 0 atom stereocenters. The molecule has 19 heavy (non-hydrogen) atoms. The van der Waals surface area contributed by atoms with Crippen molar-refractivity contribution in [3.8, 4) is 5.75 Å². The van der Waals surface area contributed by atoms with Gasteiger partial charge in [-0.1, -0.05) is 37.3 Å². The van der Waals surface area contributed by atoms with Crippen LogP contribution in [0, 0.1) is 0 Å². The van der Waals surface area contributed by atoms with Crippen molar-refractivity contribution in [1.82, 2.24) is 4.57 Å². The fraction of sp³-hybridized carbons (Fsp3) is 0.286. The molecule has 0 radical (unpaired) electrons. The molecule has 1 N–H and O–H groups in total. The minimum Gasteiger partial charge on any atom is -0.871 e. The molecule has 0 aliphatic carbocycles. The van der Waals surface area contributed by atoms with Crippen LogP contribution in [-0.4, -0.2) is 15.6 Å². The summed E-state index contributed by atoms with van der Waals surface area (Å²) in [6, 6.07) is 6.60. The zero-order valence-corrected chi connectivity index (χ0v) is 10.5. The van der Waals surface area contributed by atoms with Gasteiger partial charge in [0.1, 0.15) is 5.56 Å². The molecule has 0 saturated heterocycles. The lowest BCUT2D eigenvalue weighted by molar-refractivity contribution is -0.266. The molecule has 2 aromatic rings. The lowest BCUT2D eigenvalue weighted by atomic mass is 10.1. The molecule has 0 aliphatic rings. The minimum atomic E-state index is -1.47. The fourth-order valence-electron chi connectivity index (χ4n) is 2.10. The number of aromatic carboxylic acids is 1. The summed E-state index contributed by atoms with van der Waals surface area (Å²) in [6.07, 6.45) is 1.63. The third-order valence-electron chi connectivity index (χ3n) is 3.07. The first-order valence-electron chi connectivity index (χ1n) is 6.13. The molecule has 100 valence electrons. The number of aryl methyl sites for hydroxylation is 1. The van der Waals surface area contributed by atoms with E-state index in [1.54, 1.807) is 24.3 Å². The fourth-order valence-corrected chi connectivity index (χ4v) is 2.10. The maximum atomic E-state index is 12.1. The number of nitrogens with zero attached hydrogens (tertiary/aromatic N) is 1.